The van der Waals surface area contributed by atoms with Crippen molar-refractivity contribution >= 4 is 5.91 Å². The lowest BCUT2D eigenvalue weighted by molar-refractivity contribution is 0.0779. The molecule has 5 heteroatoms. The quantitative estimate of drug-likeness (QED) is 0.878. The van der Waals surface area contributed by atoms with Crippen molar-refractivity contribution in [1.29, 1.82) is 0 Å². The van der Waals surface area contributed by atoms with Crippen LogP contribution in [0.5, 0.6) is 0 Å². The van der Waals surface area contributed by atoms with Crippen LogP contribution >= 0.6 is 0 Å². The molecule has 3 rings (SSSR count). The van der Waals surface area contributed by atoms with Crippen LogP contribution in [0.25, 0.3) is 0 Å². The van der Waals surface area contributed by atoms with Gasteiger partial charge in [-0.05, 0) is 5.56 Å². The number of benzene rings is 1. The maximum absolute atomic E-state index is 12.2. The van der Waals surface area contributed by atoms with Gasteiger partial charge in [-0.1, -0.05) is 35.5 Å². The van der Waals surface area contributed by atoms with Crippen molar-refractivity contribution in [3.05, 3.63) is 53.9 Å². The van der Waals surface area contributed by atoms with Crippen LogP contribution < -0.4 is 5.73 Å². The van der Waals surface area contributed by atoms with Crippen molar-refractivity contribution in [2.45, 2.75) is 12.0 Å². The first-order chi connectivity index (χ1) is 9.25. The highest BCUT2D eigenvalue weighted by atomic mass is 16.5. The van der Waals surface area contributed by atoms with Gasteiger partial charge in [0.1, 0.15) is 6.26 Å². The Bertz CT molecular complexity index is 553. The normalized spacial score (nSPS) is 22.7. The standard InChI is InChI=1S/C14H15N3O2/c15-12-9-17(14(18)13-6-7-19-16-13)8-11(12)10-4-2-1-3-5-10/h1-7,11-12H,8-9,15H2/t11-,12+/m0/s1. The van der Waals surface area contributed by atoms with Gasteiger partial charge in [0.15, 0.2) is 5.69 Å². The molecule has 0 bridgehead atoms. The highest BCUT2D eigenvalue weighted by Gasteiger charge is 2.34. The molecule has 2 atom stereocenters. The van der Waals surface area contributed by atoms with Gasteiger partial charge in [-0.3, -0.25) is 4.79 Å². The molecular weight excluding hydrogens is 242 g/mol. The summed E-state index contributed by atoms with van der Waals surface area (Å²) in [6.45, 7) is 1.17. The minimum Gasteiger partial charge on any atom is -0.364 e. The Kier molecular flexibility index (Phi) is 3.05. The largest absolute Gasteiger partial charge is 0.364 e. The molecule has 19 heavy (non-hydrogen) atoms. The van der Waals surface area contributed by atoms with Crippen molar-refractivity contribution in [3.63, 3.8) is 0 Å². The van der Waals surface area contributed by atoms with Crippen LogP contribution in [-0.2, 0) is 0 Å². The smallest absolute Gasteiger partial charge is 0.276 e. The lowest BCUT2D eigenvalue weighted by atomic mass is 9.95. The van der Waals surface area contributed by atoms with E-state index in [9.17, 15) is 4.79 Å². The summed E-state index contributed by atoms with van der Waals surface area (Å²) < 4.78 is 4.70. The lowest BCUT2D eigenvalue weighted by Gasteiger charge is -2.15. The average molecular weight is 257 g/mol. The van der Waals surface area contributed by atoms with E-state index < -0.39 is 0 Å². The van der Waals surface area contributed by atoms with Crippen LogP contribution in [0.15, 0.2) is 47.2 Å². The summed E-state index contributed by atoms with van der Waals surface area (Å²) in [6, 6.07) is 11.6. The lowest BCUT2D eigenvalue weighted by Crippen LogP contribution is -2.32. The fourth-order valence-electron chi connectivity index (χ4n) is 2.53. The van der Waals surface area contributed by atoms with Gasteiger partial charge in [-0.15, -0.1) is 0 Å². The number of nitrogens with two attached hydrogens (primary N) is 1. The molecule has 1 aliphatic rings. The van der Waals surface area contributed by atoms with E-state index in [1.807, 2.05) is 18.2 Å². The molecule has 1 aliphatic heterocycles. The number of aromatic nitrogens is 1. The van der Waals surface area contributed by atoms with E-state index in [-0.39, 0.29) is 17.9 Å². The summed E-state index contributed by atoms with van der Waals surface area (Å²) in [7, 11) is 0. The van der Waals surface area contributed by atoms with Gasteiger partial charge in [-0.25, -0.2) is 0 Å². The van der Waals surface area contributed by atoms with E-state index in [1.165, 1.54) is 11.8 Å². The van der Waals surface area contributed by atoms with Crippen LogP contribution in [0.4, 0.5) is 0 Å². The van der Waals surface area contributed by atoms with E-state index >= 15 is 0 Å². The molecule has 1 aromatic carbocycles. The van der Waals surface area contributed by atoms with Crippen LogP contribution in [0.3, 0.4) is 0 Å². The summed E-state index contributed by atoms with van der Waals surface area (Å²) in [5.74, 6) is 0.0553. The van der Waals surface area contributed by atoms with Gasteiger partial charge in [0, 0.05) is 31.1 Å². The highest BCUT2D eigenvalue weighted by molar-refractivity contribution is 5.92. The fraction of sp³-hybridized carbons (Fsp3) is 0.286. The third kappa shape index (κ3) is 2.24. The summed E-state index contributed by atoms with van der Waals surface area (Å²) in [4.78, 5) is 13.9. The number of rotatable bonds is 2. The van der Waals surface area contributed by atoms with Crippen LogP contribution in [0.1, 0.15) is 22.0 Å². The monoisotopic (exact) mass is 257 g/mol. The molecule has 1 aromatic heterocycles. The summed E-state index contributed by atoms with van der Waals surface area (Å²) in [5, 5.41) is 3.68. The molecule has 0 radical (unpaired) electrons. The predicted octanol–water partition coefficient (Wildman–Crippen LogP) is 1.24. The number of carbonyl (C=O) groups is 1. The van der Waals surface area contributed by atoms with Crippen molar-refractivity contribution in [2.24, 2.45) is 5.73 Å². The zero-order valence-electron chi connectivity index (χ0n) is 10.4. The van der Waals surface area contributed by atoms with E-state index in [0.717, 1.165) is 0 Å². The second kappa shape index (κ2) is 4.85. The van der Waals surface area contributed by atoms with Gasteiger partial charge in [0.25, 0.3) is 5.91 Å². The fourth-order valence-corrected chi connectivity index (χ4v) is 2.53. The highest BCUT2D eigenvalue weighted by Crippen LogP contribution is 2.27. The van der Waals surface area contributed by atoms with Gasteiger partial charge in [-0.2, -0.15) is 0 Å². The molecule has 0 unspecified atom stereocenters. The molecule has 2 heterocycles. The second-order valence-electron chi connectivity index (χ2n) is 4.78. The van der Waals surface area contributed by atoms with Crippen molar-refractivity contribution in [1.82, 2.24) is 10.1 Å². The molecule has 1 saturated heterocycles. The number of hydrogen-bond donors (Lipinski definition) is 1. The summed E-state index contributed by atoms with van der Waals surface area (Å²) in [5.41, 5.74) is 7.66. The van der Waals surface area contributed by atoms with E-state index in [0.29, 0.717) is 18.8 Å². The van der Waals surface area contributed by atoms with Gasteiger partial charge >= 0.3 is 0 Å². The molecule has 0 aliphatic carbocycles. The van der Waals surface area contributed by atoms with Crippen LogP contribution in [0.2, 0.25) is 0 Å². The number of hydrogen-bond acceptors (Lipinski definition) is 4. The zero-order chi connectivity index (χ0) is 13.2. The van der Waals surface area contributed by atoms with Crippen molar-refractivity contribution in [3.8, 4) is 0 Å². The molecule has 5 nitrogen and oxygen atoms in total. The van der Waals surface area contributed by atoms with Gasteiger partial charge < -0.3 is 15.2 Å². The van der Waals surface area contributed by atoms with Crippen LogP contribution in [0, 0.1) is 0 Å². The SMILES string of the molecule is N[C@@H]1CN(C(=O)c2ccon2)C[C@H]1c1ccccc1. The molecule has 2 N–H and O–H groups in total. The van der Waals surface area contributed by atoms with E-state index in [1.54, 1.807) is 11.0 Å². The molecule has 1 fully saturated rings. The third-order valence-electron chi connectivity index (χ3n) is 3.54. The number of carbonyl (C=O) groups excluding carboxylic acids is 1. The Morgan fingerprint density at radius 2 is 2.05 bits per heavy atom. The summed E-state index contributed by atoms with van der Waals surface area (Å²) in [6.07, 6.45) is 1.40. The zero-order valence-corrected chi connectivity index (χ0v) is 10.4. The van der Waals surface area contributed by atoms with Gasteiger partial charge in [0.05, 0.1) is 0 Å². The Balaban J connectivity index is 1.77. The first kappa shape index (κ1) is 11.9. The first-order valence-corrected chi connectivity index (χ1v) is 6.26. The average Bonchev–Trinajstić information content (AvgIpc) is 3.08. The molecule has 0 spiro atoms. The minimum absolute atomic E-state index is 0.0433. The maximum atomic E-state index is 12.2. The first-order valence-electron chi connectivity index (χ1n) is 6.26. The van der Waals surface area contributed by atoms with Crippen molar-refractivity contribution in [2.75, 3.05) is 13.1 Å². The van der Waals surface area contributed by atoms with Crippen molar-refractivity contribution < 1.29 is 9.32 Å². The Labute approximate surface area is 111 Å². The van der Waals surface area contributed by atoms with Gasteiger partial charge in [0.2, 0.25) is 0 Å². The molecule has 2 aromatic rings. The molecule has 98 valence electrons. The molecule has 0 saturated carbocycles. The maximum Gasteiger partial charge on any atom is 0.276 e. The molecule has 1 amide bonds. The van der Waals surface area contributed by atoms with Crippen LogP contribution in [-0.4, -0.2) is 35.1 Å². The van der Waals surface area contributed by atoms with E-state index in [4.69, 9.17) is 10.3 Å². The number of likely N-dealkylation sites (tertiary alicyclic amines) is 1. The topological polar surface area (TPSA) is 72.4 Å². The van der Waals surface area contributed by atoms with E-state index in [2.05, 4.69) is 17.3 Å². The molecular formula is C14H15N3O2. The number of nitrogens with zero attached hydrogens (tertiary/aromatic N) is 2. The minimum atomic E-state index is -0.123. The summed E-state index contributed by atoms with van der Waals surface area (Å²) >= 11 is 0. The number of amides is 1. The Hall–Kier alpha value is -2.14. The predicted molar refractivity (Wildman–Crippen MR) is 69.6 cm³/mol. The third-order valence-corrected chi connectivity index (χ3v) is 3.54. The Morgan fingerprint density at radius 3 is 2.74 bits per heavy atom. The Morgan fingerprint density at radius 1 is 1.26 bits per heavy atom. The second-order valence-corrected chi connectivity index (χ2v) is 4.78.